The molecular weight excluding hydrogens is 376 g/mol. The Morgan fingerprint density at radius 3 is 2.75 bits per heavy atom. The van der Waals surface area contributed by atoms with Gasteiger partial charge in [0, 0.05) is 6.42 Å². The van der Waals surface area contributed by atoms with E-state index >= 15 is 0 Å². The van der Waals surface area contributed by atoms with E-state index in [-0.39, 0.29) is 0 Å². The van der Waals surface area contributed by atoms with E-state index in [9.17, 15) is 4.79 Å². The molecule has 144 valence electrons. The highest BCUT2D eigenvalue weighted by Crippen LogP contribution is 2.28. The van der Waals surface area contributed by atoms with Crippen LogP contribution in [0.25, 0.3) is 0 Å². The first-order valence-corrected chi connectivity index (χ1v) is 9.19. The molecule has 3 rings (SSSR count). The number of benzene rings is 2. The number of carbonyl (C=O) groups excluding carboxylic acids is 1. The number of aryl methyl sites for hydroxylation is 1. The third-order valence-electron chi connectivity index (χ3n) is 3.91. The Balaban J connectivity index is 1.81. The Kier molecular flexibility index (Phi) is 6.33. The summed E-state index contributed by atoms with van der Waals surface area (Å²) < 4.78 is 12.8. The van der Waals surface area contributed by atoms with E-state index in [4.69, 9.17) is 21.7 Å². The molecule has 0 saturated carbocycles. The van der Waals surface area contributed by atoms with Crippen molar-refractivity contribution in [2.75, 3.05) is 7.11 Å². The Bertz CT molecular complexity index is 1040. The first-order valence-electron chi connectivity index (χ1n) is 8.78. The summed E-state index contributed by atoms with van der Waals surface area (Å²) in [5, 5.41) is 11.3. The van der Waals surface area contributed by atoms with Crippen LogP contribution in [0.3, 0.4) is 0 Å². The molecule has 2 aromatic carbocycles. The van der Waals surface area contributed by atoms with Gasteiger partial charge < -0.3 is 9.47 Å². The van der Waals surface area contributed by atoms with Gasteiger partial charge in [-0.2, -0.15) is 14.9 Å². The molecule has 0 aliphatic carbocycles. The smallest absolute Gasteiger partial charge is 0.343 e. The molecule has 0 bridgehead atoms. The number of hydrogen-bond acceptors (Lipinski definition) is 6. The minimum atomic E-state index is -0.450. The van der Waals surface area contributed by atoms with Crippen LogP contribution < -0.4 is 9.47 Å². The van der Waals surface area contributed by atoms with E-state index in [0.717, 1.165) is 24.2 Å². The molecule has 1 aromatic heterocycles. The molecule has 3 aromatic rings. The predicted molar refractivity (Wildman–Crippen MR) is 109 cm³/mol. The zero-order chi connectivity index (χ0) is 19.9. The SMILES string of the molecule is CCCc1n[nH]c(=S)n1/N=C\c1ccc(OC(=O)c2ccccc2)c(OC)c1. The van der Waals surface area contributed by atoms with Crippen LogP contribution in [-0.4, -0.2) is 34.2 Å². The lowest BCUT2D eigenvalue weighted by molar-refractivity contribution is 0.0729. The summed E-state index contributed by atoms with van der Waals surface area (Å²) in [4.78, 5) is 12.3. The quantitative estimate of drug-likeness (QED) is 0.282. The number of nitrogens with one attached hydrogen (secondary N) is 1. The van der Waals surface area contributed by atoms with Crippen molar-refractivity contribution in [1.82, 2.24) is 14.9 Å². The number of rotatable bonds is 7. The maximum atomic E-state index is 12.3. The fourth-order valence-corrected chi connectivity index (χ4v) is 2.73. The Labute approximate surface area is 167 Å². The lowest BCUT2D eigenvalue weighted by atomic mass is 10.2. The average Bonchev–Trinajstić information content (AvgIpc) is 3.07. The molecule has 1 heterocycles. The van der Waals surface area contributed by atoms with Gasteiger partial charge in [-0.25, -0.2) is 4.79 Å². The summed E-state index contributed by atoms with van der Waals surface area (Å²) in [6.45, 7) is 2.06. The fourth-order valence-electron chi connectivity index (χ4n) is 2.54. The number of methoxy groups -OCH3 is 1. The first kappa shape index (κ1) is 19.5. The largest absolute Gasteiger partial charge is 0.493 e. The molecule has 0 unspecified atom stereocenters. The number of aromatic amines is 1. The highest BCUT2D eigenvalue weighted by atomic mass is 32.1. The molecule has 0 amide bonds. The van der Waals surface area contributed by atoms with Crippen molar-refractivity contribution in [1.29, 1.82) is 0 Å². The summed E-state index contributed by atoms with van der Waals surface area (Å²) in [6, 6.07) is 14.0. The molecule has 28 heavy (non-hydrogen) atoms. The van der Waals surface area contributed by atoms with E-state index in [1.165, 1.54) is 7.11 Å². The van der Waals surface area contributed by atoms with Crippen molar-refractivity contribution >= 4 is 24.4 Å². The Morgan fingerprint density at radius 2 is 2.04 bits per heavy atom. The van der Waals surface area contributed by atoms with E-state index in [1.807, 2.05) is 6.07 Å². The molecule has 0 spiro atoms. The summed E-state index contributed by atoms with van der Waals surface area (Å²) in [6.07, 6.45) is 3.35. The van der Waals surface area contributed by atoms with Gasteiger partial charge in [0.05, 0.1) is 18.9 Å². The topological polar surface area (TPSA) is 81.5 Å². The maximum absolute atomic E-state index is 12.3. The van der Waals surface area contributed by atoms with E-state index < -0.39 is 5.97 Å². The summed E-state index contributed by atoms with van der Waals surface area (Å²) in [7, 11) is 1.52. The van der Waals surface area contributed by atoms with Gasteiger partial charge >= 0.3 is 5.97 Å². The third kappa shape index (κ3) is 4.52. The molecule has 1 N–H and O–H groups in total. The summed E-state index contributed by atoms with van der Waals surface area (Å²) >= 11 is 5.21. The van der Waals surface area contributed by atoms with Crippen molar-refractivity contribution in [2.45, 2.75) is 19.8 Å². The van der Waals surface area contributed by atoms with Gasteiger partial charge in [0.25, 0.3) is 0 Å². The van der Waals surface area contributed by atoms with Gasteiger partial charge in [0.2, 0.25) is 4.77 Å². The molecule has 0 atom stereocenters. The number of H-pyrrole nitrogens is 1. The van der Waals surface area contributed by atoms with Gasteiger partial charge in [0.1, 0.15) is 0 Å². The number of nitrogens with zero attached hydrogens (tertiary/aromatic N) is 3. The van der Waals surface area contributed by atoms with Crippen LogP contribution in [-0.2, 0) is 6.42 Å². The van der Waals surface area contributed by atoms with E-state index in [1.54, 1.807) is 53.4 Å². The van der Waals surface area contributed by atoms with Crippen LogP contribution in [0.2, 0.25) is 0 Å². The van der Waals surface area contributed by atoms with Crippen molar-refractivity contribution in [3.63, 3.8) is 0 Å². The van der Waals surface area contributed by atoms with Crippen LogP contribution in [0, 0.1) is 4.77 Å². The second-order valence-corrected chi connectivity index (χ2v) is 6.30. The van der Waals surface area contributed by atoms with Crippen molar-refractivity contribution in [3.8, 4) is 11.5 Å². The van der Waals surface area contributed by atoms with Crippen molar-refractivity contribution in [3.05, 3.63) is 70.3 Å². The van der Waals surface area contributed by atoms with Crippen LogP contribution in [0.1, 0.15) is 35.1 Å². The monoisotopic (exact) mass is 396 g/mol. The molecule has 8 heteroatoms. The maximum Gasteiger partial charge on any atom is 0.343 e. The first-order chi connectivity index (χ1) is 13.6. The van der Waals surface area contributed by atoms with Gasteiger partial charge in [-0.1, -0.05) is 25.1 Å². The molecule has 0 aliphatic heterocycles. The highest BCUT2D eigenvalue weighted by Gasteiger charge is 2.12. The standard InChI is InChI=1S/C20H20N4O3S/c1-3-7-18-22-23-20(28)24(18)21-13-14-10-11-16(17(12-14)26-2)27-19(25)15-8-5-4-6-9-15/h4-6,8-13H,3,7H2,1-2H3,(H,23,28)/b21-13-. The number of ether oxygens (including phenoxy) is 2. The van der Waals surface area contributed by atoms with Gasteiger partial charge in [-0.3, -0.25) is 5.10 Å². The van der Waals surface area contributed by atoms with Gasteiger partial charge in [0.15, 0.2) is 17.3 Å². The lowest BCUT2D eigenvalue weighted by Gasteiger charge is -2.10. The summed E-state index contributed by atoms with van der Waals surface area (Å²) in [5.74, 6) is 1.08. The minimum Gasteiger partial charge on any atom is -0.493 e. The van der Waals surface area contributed by atoms with E-state index in [2.05, 4.69) is 22.2 Å². The predicted octanol–water partition coefficient (Wildman–Crippen LogP) is 4.00. The Hall–Kier alpha value is -3.26. The second-order valence-electron chi connectivity index (χ2n) is 5.92. The molecule has 0 fully saturated rings. The zero-order valence-electron chi connectivity index (χ0n) is 15.6. The van der Waals surface area contributed by atoms with Gasteiger partial charge in [-0.05, 0) is 54.5 Å². The van der Waals surface area contributed by atoms with Crippen molar-refractivity contribution < 1.29 is 14.3 Å². The highest BCUT2D eigenvalue weighted by molar-refractivity contribution is 7.71. The molecule has 7 nitrogen and oxygen atoms in total. The second kappa shape index (κ2) is 9.09. The van der Waals surface area contributed by atoms with Crippen LogP contribution in [0.4, 0.5) is 0 Å². The molecule has 0 saturated heterocycles. The van der Waals surface area contributed by atoms with E-state index in [0.29, 0.717) is 21.8 Å². The average molecular weight is 396 g/mol. The molecule has 0 aliphatic rings. The number of aromatic nitrogens is 3. The fraction of sp³-hybridized carbons (Fsp3) is 0.200. The van der Waals surface area contributed by atoms with Crippen LogP contribution >= 0.6 is 12.2 Å². The zero-order valence-corrected chi connectivity index (χ0v) is 16.4. The van der Waals surface area contributed by atoms with Crippen LogP contribution in [0.15, 0.2) is 53.6 Å². The lowest BCUT2D eigenvalue weighted by Crippen LogP contribution is -2.09. The van der Waals surface area contributed by atoms with Crippen LogP contribution in [0.5, 0.6) is 11.5 Å². The number of hydrogen-bond donors (Lipinski definition) is 1. The molecular formula is C20H20N4O3S. The summed E-state index contributed by atoms with van der Waals surface area (Å²) in [5.41, 5.74) is 1.23. The number of esters is 1. The normalized spacial score (nSPS) is 10.9. The number of carbonyl (C=O) groups is 1. The van der Waals surface area contributed by atoms with Crippen molar-refractivity contribution in [2.24, 2.45) is 5.10 Å². The van der Waals surface area contributed by atoms with Gasteiger partial charge in [-0.15, -0.1) is 0 Å². The minimum absolute atomic E-state index is 0.333. The molecule has 0 radical (unpaired) electrons. The third-order valence-corrected chi connectivity index (χ3v) is 4.18. The Morgan fingerprint density at radius 1 is 1.25 bits per heavy atom.